The van der Waals surface area contributed by atoms with Crippen LogP contribution in [-0.2, 0) is 41.4 Å². The molecule has 8 nitrogen and oxygen atoms in total. The van der Waals surface area contributed by atoms with Crippen LogP contribution < -0.4 is 4.74 Å². The molecule has 9 heteroatoms. The van der Waals surface area contributed by atoms with Gasteiger partial charge in [-0.15, -0.1) is 0 Å². The lowest BCUT2D eigenvalue weighted by Gasteiger charge is -2.45. The van der Waals surface area contributed by atoms with Crippen molar-refractivity contribution in [2.24, 2.45) is 5.92 Å². The van der Waals surface area contributed by atoms with Crippen LogP contribution in [0.1, 0.15) is 24.5 Å². The molecule has 37 heavy (non-hydrogen) atoms. The molecule has 200 valence electrons. The molecule has 0 unspecified atom stereocenters. The van der Waals surface area contributed by atoms with E-state index < -0.39 is 31.3 Å². The molecule has 2 aromatic rings. The average molecular weight is 528 g/mol. The largest absolute Gasteiger partial charge is 0.497 e. The lowest BCUT2D eigenvalue weighted by atomic mass is 9.76. The van der Waals surface area contributed by atoms with Crippen LogP contribution >= 0.6 is 0 Å². The van der Waals surface area contributed by atoms with Crippen molar-refractivity contribution in [3.8, 4) is 5.75 Å². The second-order valence-electron chi connectivity index (χ2n) is 10.3. The van der Waals surface area contributed by atoms with Gasteiger partial charge in [-0.1, -0.05) is 42.5 Å². The SMILES string of the molecule is COC(=O)[C@]1(C=O)N(Cc2ccc(OC)cc2)C(=O)[C@H](CCOCc2ccccc2)[C@]1(C)O[Si](C)(C)C. The number of methoxy groups -OCH3 is 2. The first-order valence-corrected chi connectivity index (χ1v) is 15.7. The molecule has 1 heterocycles. The summed E-state index contributed by atoms with van der Waals surface area (Å²) >= 11 is 0. The highest BCUT2D eigenvalue weighted by atomic mass is 28.4. The van der Waals surface area contributed by atoms with Crippen molar-refractivity contribution in [2.45, 2.75) is 57.3 Å². The van der Waals surface area contributed by atoms with Crippen molar-refractivity contribution in [3.05, 3.63) is 65.7 Å². The van der Waals surface area contributed by atoms with Gasteiger partial charge in [0.25, 0.3) is 0 Å². The Bertz CT molecular complexity index is 1090. The van der Waals surface area contributed by atoms with Crippen LogP contribution in [0.15, 0.2) is 54.6 Å². The summed E-state index contributed by atoms with van der Waals surface area (Å²) in [6, 6.07) is 16.9. The van der Waals surface area contributed by atoms with Gasteiger partial charge in [0.05, 0.1) is 26.7 Å². The zero-order valence-corrected chi connectivity index (χ0v) is 23.5. The highest BCUT2D eigenvalue weighted by Crippen LogP contribution is 2.49. The van der Waals surface area contributed by atoms with Gasteiger partial charge in [0.2, 0.25) is 11.4 Å². The van der Waals surface area contributed by atoms with E-state index in [0.717, 1.165) is 11.1 Å². The van der Waals surface area contributed by atoms with E-state index in [1.54, 1.807) is 38.3 Å². The first kappa shape index (κ1) is 28.6. The van der Waals surface area contributed by atoms with E-state index in [0.29, 0.717) is 18.6 Å². The first-order chi connectivity index (χ1) is 17.5. The Labute approximate surface area is 220 Å². The summed E-state index contributed by atoms with van der Waals surface area (Å²) in [6.07, 6.45) is 0.795. The Hall–Kier alpha value is -3.01. The number of hydrogen-bond donors (Lipinski definition) is 0. The molecular formula is C28H37NO7Si. The minimum absolute atomic E-state index is 0.0304. The van der Waals surface area contributed by atoms with Crippen molar-refractivity contribution in [1.29, 1.82) is 0 Å². The van der Waals surface area contributed by atoms with Crippen molar-refractivity contribution in [1.82, 2.24) is 4.90 Å². The van der Waals surface area contributed by atoms with Crippen LogP contribution in [0.25, 0.3) is 0 Å². The van der Waals surface area contributed by atoms with Crippen LogP contribution in [0.5, 0.6) is 5.75 Å². The third kappa shape index (κ3) is 5.79. The molecule has 1 aliphatic heterocycles. The Kier molecular flexibility index (Phi) is 8.94. The summed E-state index contributed by atoms with van der Waals surface area (Å²) in [7, 11) is 0.417. The standard InChI is InChI=1S/C28H37NO7Si/c1-27(36-37(4,5)6)24(16-17-35-19-22-10-8-7-9-11-22)25(31)29(28(27,20-30)26(32)34-3)18-21-12-14-23(33-2)15-13-21/h7-15,20,24H,16-19H2,1-6H3/t24-,27-,28-/m0/s1. The summed E-state index contributed by atoms with van der Waals surface area (Å²) in [5, 5.41) is 0. The normalized spacial score (nSPS) is 23.7. The maximum atomic E-state index is 14.0. The van der Waals surface area contributed by atoms with Crippen LogP contribution in [-0.4, -0.2) is 63.3 Å². The van der Waals surface area contributed by atoms with Crippen LogP contribution in [0.4, 0.5) is 0 Å². The maximum absolute atomic E-state index is 14.0. The molecule has 3 rings (SSSR count). The molecule has 1 fully saturated rings. The lowest BCUT2D eigenvalue weighted by Crippen LogP contribution is -2.67. The summed E-state index contributed by atoms with van der Waals surface area (Å²) in [5.74, 6) is -1.31. The molecule has 0 aromatic heterocycles. The Morgan fingerprint density at radius 2 is 1.68 bits per heavy atom. The van der Waals surface area contributed by atoms with E-state index in [-0.39, 0.29) is 25.5 Å². The van der Waals surface area contributed by atoms with Crippen LogP contribution in [0.2, 0.25) is 19.6 Å². The molecule has 0 radical (unpaired) electrons. The molecule has 3 atom stereocenters. The highest BCUT2D eigenvalue weighted by Gasteiger charge is 2.72. The van der Waals surface area contributed by atoms with Gasteiger partial charge in [-0.05, 0) is 56.2 Å². The van der Waals surface area contributed by atoms with E-state index in [9.17, 15) is 14.4 Å². The van der Waals surface area contributed by atoms with E-state index in [4.69, 9.17) is 18.6 Å². The fourth-order valence-electron chi connectivity index (χ4n) is 5.09. The minimum Gasteiger partial charge on any atom is -0.497 e. The summed E-state index contributed by atoms with van der Waals surface area (Å²) < 4.78 is 22.8. The second kappa shape index (κ2) is 11.6. The number of esters is 1. The predicted molar refractivity (Wildman–Crippen MR) is 141 cm³/mol. The molecule has 0 saturated carbocycles. The number of carbonyl (C=O) groups excluding carboxylic acids is 3. The summed E-state index contributed by atoms with van der Waals surface area (Å²) in [5.41, 5.74) is -1.66. The molecule has 1 amide bonds. The van der Waals surface area contributed by atoms with E-state index in [2.05, 4.69) is 0 Å². The monoisotopic (exact) mass is 527 g/mol. The molecular weight excluding hydrogens is 490 g/mol. The number of ether oxygens (including phenoxy) is 3. The second-order valence-corrected chi connectivity index (χ2v) is 14.8. The smallest absolute Gasteiger partial charge is 0.342 e. The molecule has 2 aromatic carbocycles. The van der Waals surface area contributed by atoms with Gasteiger partial charge >= 0.3 is 5.97 Å². The zero-order valence-electron chi connectivity index (χ0n) is 22.5. The maximum Gasteiger partial charge on any atom is 0.342 e. The lowest BCUT2D eigenvalue weighted by molar-refractivity contribution is -0.169. The predicted octanol–water partition coefficient (Wildman–Crippen LogP) is 3.98. The average Bonchev–Trinajstić information content (AvgIpc) is 3.04. The molecule has 1 aliphatic rings. The summed E-state index contributed by atoms with van der Waals surface area (Å²) in [4.78, 5) is 41.7. The van der Waals surface area contributed by atoms with Crippen molar-refractivity contribution >= 4 is 26.5 Å². The quantitative estimate of drug-likeness (QED) is 0.136. The van der Waals surface area contributed by atoms with E-state index in [1.807, 2.05) is 50.0 Å². The van der Waals surface area contributed by atoms with Gasteiger partial charge in [-0.2, -0.15) is 0 Å². The molecule has 0 bridgehead atoms. The number of carbonyl (C=O) groups is 3. The minimum atomic E-state index is -2.37. The van der Waals surface area contributed by atoms with E-state index >= 15 is 0 Å². The van der Waals surface area contributed by atoms with Crippen molar-refractivity contribution in [2.75, 3.05) is 20.8 Å². The number of benzene rings is 2. The Balaban J connectivity index is 1.99. The Morgan fingerprint density at radius 1 is 1.03 bits per heavy atom. The third-order valence-electron chi connectivity index (χ3n) is 6.76. The number of amides is 1. The van der Waals surface area contributed by atoms with Gasteiger partial charge in [0.15, 0.2) is 14.6 Å². The highest BCUT2D eigenvalue weighted by molar-refractivity contribution is 6.69. The fourth-order valence-corrected chi connectivity index (χ4v) is 6.66. The van der Waals surface area contributed by atoms with Gasteiger partial charge in [0, 0.05) is 13.2 Å². The van der Waals surface area contributed by atoms with E-state index in [1.165, 1.54) is 12.0 Å². The fraction of sp³-hybridized carbons (Fsp3) is 0.464. The number of aldehydes is 1. The molecule has 0 spiro atoms. The van der Waals surface area contributed by atoms with Crippen molar-refractivity contribution in [3.63, 3.8) is 0 Å². The molecule has 0 aliphatic carbocycles. The topological polar surface area (TPSA) is 91.4 Å². The molecule has 1 saturated heterocycles. The number of likely N-dealkylation sites (tertiary alicyclic amines) is 1. The third-order valence-corrected chi connectivity index (χ3v) is 7.80. The first-order valence-electron chi connectivity index (χ1n) is 12.3. The number of nitrogens with zero attached hydrogens (tertiary/aromatic N) is 1. The van der Waals surface area contributed by atoms with Crippen molar-refractivity contribution < 1.29 is 33.0 Å². The number of rotatable bonds is 12. The van der Waals surface area contributed by atoms with Crippen LogP contribution in [0.3, 0.4) is 0 Å². The summed E-state index contributed by atoms with van der Waals surface area (Å²) in [6.45, 7) is 8.24. The van der Waals surface area contributed by atoms with Gasteiger partial charge in [-0.3, -0.25) is 9.59 Å². The zero-order chi connectivity index (χ0) is 27.3. The molecule has 0 N–H and O–H groups in total. The van der Waals surface area contributed by atoms with Gasteiger partial charge in [0.1, 0.15) is 11.4 Å². The van der Waals surface area contributed by atoms with Gasteiger partial charge in [-0.25, -0.2) is 4.79 Å². The van der Waals surface area contributed by atoms with Gasteiger partial charge < -0.3 is 23.5 Å². The number of hydrogen-bond acceptors (Lipinski definition) is 7. The van der Waals surface area contributed by atoms with Crippen LogP contribution in [0, 0.1) is 5.92 Å². The Morgan fingerprint density at radius 3 is 2.22 bits per heavy atom.